The molecule has 0 aliphatic heterocycles. The van der Waals surface area contributed by atoms with E-state index in [2.05, 4.69) is 5.32 Å². The van der Waals surface area contributed by atoms with Crippen LogP contribution in [0.3, 0.4) is 0 Å². The second-order valence-corrected chi connectivity index (χ2v) is 6.60. The second-order valence-electron chi connectivity index (χ2n) is 5.09. The molecule has 2 aromatic carbocycles. The van der Waals surface area contributed by atoms with Gasteiger partial charge in [0.05, 0.1) is 0 Å². The van der Waals surface area contributed by atoms with E-state index in [0.717, 1.165) is 22.1 Å². The molecule has 0 heterocycles. The van der Waals surface area contributed by atoms with Crippen LogP contribution in [-0.4, -0.2) is 18.2 Å². The molecule has 1 N–H and O–H groups in total. The van der Waals surface area contributed by atoms with E-state index in [1.165, 1.54) is 6.07 Å². The summed E-state index contributed by atoms with van der Waals surface area (Å²) >= 11 is 7.81. The van der Waals surface area contributed by atoms with Crippen LogP contribution in [0, 0.1) is 5.82 Å². The lowest BCUT2D eigenvalue weighted by Crippen LogP contribution is -2.26. The molecule has 0 aliphatic carbocycles. The van der Waals surface area contributed by atoms with E-state index in [1.54, 1.807) is 30.0 Å². The Kier molecular flexibility index (Phi) is 7.43. The number of rotatable bonds is 8. The van der Waals surface area contributed by atoms with Crippen LogP contribution < -0.4 is 5.32 Å². The highest BCUT2D eigenvalue weighted by Gasteiger charge is 2.05. The van der Waals surface area contributed by atoms with Gasteiger partial charge in [-0.25, -0.2) is 4.39 Å². The topological polar surface area (TPSA) is 29.1 Å². The van der Waals surface area contributed by atoms with E-state index in [1.807, 2.05) is 24.3 Å². The van der Waals surface area contributed by atoms with Gasteiger partial charge in [0.25, 0.3) is 0 Å². The number of nitrogens with one attached hydrogen (secondary N) is 1. The summed E-state index contributed by atoms with van der Waals surface area (Å²) < 4.78 is 13.4. The maximum absolute atomic E-state index is 13.4. The number of hydrogen-bond donors (Lipinski definition) is 1. The molecule has 0 spiro atoms. The van der Waals surface area contributed by atoms with E-state index in [-0.39, 0.29) is 11.7 Å². The van der Waals surface area contributed by atoms with Crippen molar-refractivity contribution in [2.45, 2.75) is 18.6 Å². The van der Waals surface area contributed by atoms with Crippen molar-refractivity contribution in [2.75, 3.05) is 12.3 Å². The highest BCUT2D eigenvalue weighted by Crippen LogP contribution is 2.20. The monoisotopic (exact) mass is 351 g/mol. The highest BCUT2D eigenvalue weighted by atomic mass is 35.5. The first-order valence-corrected chi connectivity index (χ1v) is 9.01. The van der Waals surface area contributed by atoms with Crippen LogP contribution in [0.2, 0.25) is 5.02 Å². The van der Waals surface area contributed by atoms with E-state index in [4.69, 9.17) is 11.6 Å². The zero-order chi connectivity index (χ0) is 16.5. The predicted molar refractivity (Wildman–Crippen MR) is 95.3 cm³/mol. The first-order chi connectivity index (χ1) is 11.2. The summed E-state index contributed by atoms with van der Waals surface area (Å²) in [5.41, 5.74) is 1.68. The zero-order valence-electron chi connectivity index (χ0n) is 12.7. The van der Waals surface area contributed by atoms with Gasteiger partial charge in [-0.1, -0.05) is 48.0 Å². The molecule has 0 fully saturated rings. The van der Waals surface area contributed by atoms with E-state index >= 15 is 0 Å². The van der Waals surface area contributed by atoms with Gasteiger partial charge in [0.15, 0.2) is 0 Å². The van der Waals surface area contributed by atoms with Gasteiger partial charge in [0.1, 0.15) is 5.82 Å². The van der Waals surface area contributed by atoms with Crippen LogP contribution >= 0.6 is 23.4 Å². The summed E-state index contributed by atoms with van der Waals surface area (Å²) in [6, 6.07) is 14.3. The first-order valence-electron chi connectivity index (χ1n) is 7.48. The van der Waals surface area contributed by atoms with Crippen LogP contribution in [0.1, 0.15) is 17.5 Å². The summed E-state index contributed by atoms with van der Waals surface area (Å²) in [6.07, 6.45) is 0.724. The Morgan fingerprint density at radius 2 is 1.78 bits per heavy atom. The number of thioether (sulfide) groups is 1. The summed E-state index contributed by atoms with van der Waals surface area (Å²) in [5.74, 6) is 1.34. The molecular weight excluding hydrogens is 333 g/mol. The smallest absolute Gasteiger partial charge is 0.220 e. The summed E-state index contributed by atoms with van der Waals surface area (Å²) in [5, 5.41) is 3.63. The summed E-state index contributed by atoms with van der Waals surface area (Å²) in [4.78, 5) is 11.8. The average Bonchev–Trinajstić information content (AvgIpc) is 2.55. The second kappa shape index (κ2) is 9.58. The standard InChI is InChI=1S/C18H19ClFNOS/c19-16-7-3-1-6-15(16)13-23-12-11-21-18(22)10-9-14-5-2-4-8-17(14)20/h1-8H,9-13H2,(H,21,22). The normalized spacial score (nSPS) is 10.5. The van der Waals surface area contributed by atoms with Gasteiger partial charge in [0.2, 0.25) is 5.91 Å². The Morgan fingerprint density at radius 1 is 1.09 bits per heavy atom. The highest BCUT2D eigenvalue weighted by molar-refractivity contribution is 7.98. The molecule has 0 saturated carbocycles. The molecule has 2 aromatic rings. The number of benzene rings is 2. The SMILES string of the molecule is O=C(CCc1ccccc1F)NCCSCc1ccccc1Cl. The molecule has 0 saturated heterocycles. The van der Waals surface area contributed by atoms with Gasteiger partial charge in [-0.3, -0.25) is 4.79 Å². The molecule has 0 atom stereocenters. The van der Waals surface area contributed by atoms with Crippen molar-refractivity contribution >= 4 is 29.3 Å². The fourth-order valence-corrected chi connectivity index (χ4v) is 3.24. The third kappa shape index (κ3) is 6.24. The van der Waals surface area contributed by atoms with E-state index in [9.17, 15) is 9.18 Å². The third-order valence-electron chi connectivity index (χ3n) is 3.36. The summed E-state index contributed by atoms with van der Waals surface area (Å²) in [6.45, 7) is 0.602. The molecule has 0 aromatic heterocycles. The minimum atomic E-state index is -0.254. The number of carbonyl (C=O) groups is 1. The van der Waals surface area contributed by atoms with Gasteiger partial charge in [0, 0.05) is 29.5 Å². The van der Waals surface area contributed by atoms with Crippen LogP contribution in [0.5, 0.6) is 0 Å². The Bertz CT molecular complexity index is 650. The number of aryl methyl sites for hydroxylation is 1. The Balaban J connectivity index is 1.60. The van der Waals surface area contributed by atoms with Crippen LogP contribution in [0.4, 0.5) is 4.39 Å². The van der Waals surface area contributed by atoms with Crippen LogP contribution in [0.25, 0.3) is 0 Å². The minimum absolute atomic E-state index is 0.0494. The largest absolute Gasteiger partial charge is 0.355 e. The molecule has 0 aliphatic rings. The number of hydrogen-bond acceptors (Lipinski definition) is 2. The van der Waals surface area contributed by atoms with E-state index < -0.39 is 0 Å². The van der Waals surface area contributed by atoms with Crippen molar-refractivity contribution in [3.05, 3.63) is 70.5 Å². The van der Waals surface area contributed by atoms with Gasteiger partial charge < -0.3 is 5.32 Å². The summed E-state index contributed by atoms with van der Waals surface area (Å²) in [7, 11) is 0. The van der Waals surface area contributed by atoms with Crippen molar-refractivity contribution in [1.82, 2.24) is 5.32 Å². The molecule has 0 bridgehead atoms. The molecule has 0 radical (unpaired) electrons. The average molecular weight is 352 g/mol. The van der Waals surface area contributed by atoms with Gasteiger partial charge in [-0.05, 0) is 29.7 Å². The lowest BCUT2D eigenvalue weighted by Gasteiger charge is -2.07. The molecular formula is C18H19ClFNOS. The molecule has 23 heavy (non-hydrogen) atoms. The minimum Gasteiger partial charge on any atom is -0.355 e. The fraction of sp³-hybridized carbons (Fsp3) is 0.278. The molecule has 0 unspecified atom stereocenters. The van der Waals surface area contributed by atoms with Crippen molar-refractivity contribution in [1.29, 1.82) is 0 Å². The number of halogens is 2. The van der Waals surface area contributed by atoms with Crippen LogP contribution in [-0.2, 0) is 17.0 Å². The van der Waals surface area contributed by atoms with Crippen molar-refractivity contribution in [3.63, 3.8) is 0 Å². The van der Waals surface area contributed by atoms with Crippen molar-refractivity contribution in [2.24, 2.45) is 0 Å². The maximum atomic E-state index is 13.4. The van der Waals surface area contributed by atoms with Gasteiger partial charge in [-0.15, -0.1) is 0 Å². The number of carbonyl (C=O) groups excluding carboxylic acids is 1. The molecule has 5 heteroatoms. The Labute approximate surface area is 145 Å². The van der Waals surface area contributed by atoms with Crippen molar-refractivity contribution < 1.29 is 9.18 Å². The Hall–Kier alpha value is -1.52. The van der Waals surface area contributed by atoms with Crippen molar-refractivity contribution in [3.8, 4) is 0 Å². The zero-order valence-corrected chi connectivity index (χ0v) is 14.3. The number of amides is 1. The fourth-order valence-electron chi connectivity index (χ4n) is 2.10. The molecule has 2 rings (SSSR count). The van der Waals surface area contributed by atoms with Gasteiger partial charge >= 0.3 is 0 Å². The molecule has 1 amide bonds. The molecule has 2 nitrogen and oxygen atoms in total. The quantitative estimate of drug-likeness (QED) is 0.711. The lowest BCUT2D eigenvalue weighted by molar-refractivity contribution is -0.120. The third-order valence-corrected chi connectivity index (χ3v) is 4.74. The van der Waals surface area contributed by atoms with E-state index in [0.29, 0.717) is 24.9 Å². The predicted octanol–water partition coefficient (Wildman–Crippen LogP) is 4.46. The Morgan fingerprint density at radius 3 is 2.52 bits per heavy atom. The molecule has 122 valence electrons. The lowest BCUT2D eigenvalue weighted by atomic mass is 10.1. The maximum Gasteiger partial charge on any atom is 0.220 e. The first kappa shape index (κ1) is 17.8. The van der Waals surface area contributed by atoms with Gasteiger partial charge in [-0.2, -0.15) is 11.8 Å². The van der Waals surface area contributed by atoms with Crippen LogP contribution in [0.15, 0.2) is 48.5 Å².